The molecule has 3 heterocycles. The molecule has 5 aliphatic carbocycles. The highest BCUT2D eigenvalue weighted by molar-refractivity contribution is 5.91. The molecule has 0 aromatic heterocycles. The minimum atomic E-state index is -1.58. The molecule has 12 nitrogen and oxygen atoms in total. The Bertz CT molecular complexity index is 1510. The minimum absolute atomic E-state index is 0.0985. The van der Waals surface area contributed by atoms with Crippen molar-refractivity contribution in [1.82, 2.24) is 0 Å². The molecule has 0 unspecified atom stereocenters. The number of aliphatic hydroxyl groups excluding tert-OH is 4. The van der Waals surface area contributed by atoms with Crippen LogP contribution in [0.4, 0.5) is 0 Å². The molecule has 0 radical (unpaired) electrons. The number of hydrogen-bond donors (Lipinski definition) is 5. The van der Waals surface area contributed by atoms with Gasteiger partial charge >= 0.3 is 5.97 Å². The highest BCUT2D eigenvalue weighted by atomic mass is 16.7. The third-order valence-electron chi connectivity index (χ3n) is 15.8. The van der Waals surface area contributed by atoms with Crippen molar-refractivity contribution in [3.8, 4) is 0 Å². The number of ether oxygens (including phenoxy) is 5. The van der Waals surface area contributed by atoms with Crippen molar-refractivity contribution < 1.29 is 58.8 Å². The molecule has 280 valence electrons. The van der Waals surface area contributed by atoms with Gasteiger partial charge in [0.25, 0.3) is 0 Å². The summed E-state index contributed by atoms with van der Waals surface area (Å²) in [5, 5.41) is 53.7. The standard InChI is InChI=1S/C38H56O12/c1-17-28(27(44)30-33(5,6)50-30)49-38(45)15-34(7)21-10-9-20-32(3,4)22(48-31-26(43)25(42)24(41)19(14-39)47-31)11-12-36(20)16-37(21,36)13-23(46-18(2)40)35(34,8)29(17)38/h10,17,19-20,22-26,28-31,39,41-43,45H,9,11-16H2,1-8H3/t17-,19-,20+,22+,23-,24+,25+,26-,28+,29-,30-,31+,34+,35-,36-,37+,38-/m1/s1. The van der Waals surface area contributed by atoms with Gasteiger partial charge in [-0.3, -0.25) is 9.59 Å². The number of rotatable bonds is 6. The predicted molar refractivity (Wildman–Crippen MR) is 175 cm³/mol. The maximum absolute atomic E-state index is 13.6. The summed E-state index contributed by atoms with van der Waals surface area (Å²) in [6.07, 6.45) is -2.46. The average Bonchev–Trinajstić information content (AvgIpc) is 3.83. The molecule has 0 amide bonds. The van der Waals surface area contributed by atoms with Crippen LogP contribution in [0, 0.1) is 44.8 Å². The first-order chi connectivity index (χ1) is 23.1. The summed E-state index contributed by atoms with van der Waals surface area (Å²) in [5.74, 6) is -2.70. The van der Waals surface area contributed by atoms with E-state index in [0.717, 1.165) is 19.3 Å². The smallest absolute Gasteiger partial charge is 0.302 e. The number of carbonyl (C=O) groups excluding carboxylic acids is 2. The van der Waals surface area contributed by atoms with E-state index in [-0.39, 0.29) is 40.5 Å². The second-order valence-electron chi connectivity index (χ2n) is 18.8. The molecule has 17 atom stereocenters. The quantitative estimate of drug-likeness (QED) is 0.155. The Hall–Kier alpha value is -1.48. The summed E-state index contributed by atoms with van der Waals surface area (Å²) in [5.41, 5.74) is -1.28. The van der Waals surface area contributed by atoms with E-state index >= 15 is 0 Å². The highest BCUT2D eigenvalue weighted by Crippen LogP contribution is 2.89. The Kier molecular flexibility index (Phi) is 7.53. The molecule has 5 N–H and O–H groups in total. The molecule has 3 aliphatic heterocycles. The first-order valence-electron chi connectivity index (χ1n) is 18.6. The van der Waals surface area contributed by atoms with Crippen LogP contribution < -0.4 is 0 Å². The maximum atomic E-state index is 13.6. The van der Waals surface area contributed by atoms with Gasteiger partial charge < -0.3 is 49.2 Å². The first kappa shape index (κ1) is 35.5. The number of fused-ring (bicyclic) bond motifs is 4. The third kappa shape index (κ3) is 4.25. The fourth-order valence-corrected chi connectivity index (χ4v) is 13.4. The van der Waals surface area contributed by atoms with Crippen LogP contribution in [0.3, 0.4) is 0 Å². The average molecular weight is 705 g/mol. The van der Waals surface area contributed by atoms with Crippen LogP contribution in [0.25, 0.3) is 0 Å². The van der Waals surface area contributed by atoms with Crippen molar-refractivity contribution in [3.63, 3.8) is 0 Å². The molecule has 50 heavy (non-hydrogen) atoms. The van der Waals surface area contributed by atoms with Gasteiger partial charge in [-0.2, -0.15) is 0 Å². The summed E-state index contributed by atoms with van der Waals surface area (Å²) < 4.78 is 30.7. The summed E-state index contributed by atoms with van der Waals surface area (Å²) in [7, 11) is 0. The number of Topliss-reactive ketones (excluding diaryl/α,β-unsaturated/α-hetero) is 1. The Morgan fingerprint density at radius 1 is 0.980 bits per heavy atom. The number of hydrogen-bond acceptors (Lipinski definition) is 12. The number of ketones is 1. The number of epoxide rings is 1. The third-order valence-corrected chi connectivity index (χ3v) is 15.8. The van der Waals surface area contributed by atoms with Crippen LogP contribution >= 0.6 is 0 Å². The fraction of sp³-hybridized carbons (Fsp3) is 0.895. The molecular formula is C38H56O12. The molecule has 4 saturated carbocycles. The summed E-state index contributed by atoms with van der Waals surface area (Å²) in [6.45, 7) is 15.4. The molecule has 12 heteroatoms. The topological polar surface area (TPSA) is 185 Å². The number of carbonyl (C=O) groups is 2. The van der Waals surface area contributed by atoms with Gasteiger partial charge in [0.05, 0.1) is 18.3 Å². The van der Waals surface area contributed by atoms with Crippen molar-refractivity contribution in [3.05, 3.63) is 11.6 Å². The van der Waals surface area contributed by atoms with Crippen molar-refractivity contribution >= 4 is 11.8 Å². The second kappa shape index (κ2) is 10.6. The molecule has 0 aromatic rings. The molecule has 8 rings (SSSR count). The monoisotopic (exact) mass is 704 g/mol. The Morgan fingerprint density at radius 3 is 2.28 bits per heavy atom. The molecule has 0 aromatic carbocycles. The lowest BCUT2D eigenvalue weighted by Crippen LogP contribution is -2.62. The van der Waals surface area contributed by atoms with Crippen LogP contribution in [0.1, 0.15) is 93.9 Å². The van der Waals surface area contributed by atoms with Gasteiger partial charge in [-0.05, 0) is 68.6 Å². The van der Waals surface area contributed by atoms with Gasteiger partial charge in [0, 0.05) is 35.5 Å². The van der Waals surface area contributed by atoms with Crippen LogP contribution in [-0.4, -0.2) is 110 Å². The van der Waals surface area contributed by atoms with Gasteiger partial charge in [0.2, 0.25) is 0 Å². The first-order valence-corrected chi connectivity index (χ1v) is 18.6. The highest BCUT2D eigenvalue weighted by Gasteiger charge is 2.86. The van der Waals surface area contributed by atoms with Gasteiger partial charge in [-0.25, -0.2) is 0 Å². The molecule has 7 fully saturated rings. The zero-order valence-electron chi connectivity index (χ0n) is 30.5. The van der Waals surface area contributed by atoms with Crippen molar-refractivity contribution in [2.24, 2.45) is 44.8 Å². The van der Waals surface area contributed by atoms with Crippen LogP contribution in [-0.2, 0) is 33.3 Å². The lowest BCUT2D eigenvalue weighted by atomic mass is 9.44. The van der Waals surface area contributed by atoms with E-state index < -0.39 is 89.2 Å². The van der Waals surface area contributed by atoms with Gasteiger partial charge in [-0.1, -0.05) is 46.3 Å². The van der Waals surface area contributed by atoms with Crippen molar-refractivity contribution in [2.45, 2.75) is 160 Å². The summed E-state index contributed by atoms with van der Waals surface area (Å²) >= 11 is 0. The van der Waals surface area contributed by atoms with E-state index in [1.807, 2.05) is 20.8 Å². The van der Waals surface area contributed by atoms with E-state index in [9.17, 15) is 35.1 Å². The molecule has 0 bridgehead atoms. The SMILES string of the molecule is CC(=O)O[C@@H]1C[C@@]23C[C@@]24CC[C@H](O[C@@H]2O[C@H](CO)[C@H](O)[C@H](O)[C@H]2O)C(C)(C)[C@@H]4CC=C3[C@]2(C)C[C@@]3(O)O[C@H](C(=O)[C@H]4OC4(C)C)[C@@H](C)[C@@H]3[C@@]12C. The Labute approximate surface area is 293 Å². The van der Waals surface area contributed by atoms with E-state index in [1.54, 1.807) is 0 Å². The lowest BCUT2D eigenvalue weighted by molar-refractivity contribution is -0.325. The van der Waals surface area contributed by atoms with Crippen LogP contribution in [0.2, 0.25) is 0 Å². The number of aliphatic hydroxyl groups is 5. The molecule has 3 saturated heterocycles. The summed E-state index contributed by atoms with van der Waals surface area (Å²) in [6, 6.07) is 0. The zero-order chi connectivity index (χ0) is 36.4. The van der Waals surface area contributed by atoms with Gasteiger partial charge in [0.1, 0.15) is 42.7 Å². The van der Waals surface area contributed by atoms with E-state index in [1.165, 1.54) is 12.5 Å². The predicted octanol–water partition coefficient (Wildman–Crippen LogP) is 2.15. The van der Waals surface area contributed by atoms with Crippen molar-refractivity contribution in [1.29, 1.82) is 0 Å². The van der Waals surface area contributed by atoms with E-state index in [2.05, 4.69) is 33.8 Å². The van der Waals surface area contributed by atoms with E-state index in [4.69, 9.17) is 23.7 Å². The fourth-order valence-electron chi connectivity index (χ4n) is 13.4. The molecule has 8 aliphatic rings. The Morgan fingerprint density at radius 2 is 1.66 bits per heavy atom. The number of esters is 1. The summed E-state index contributed by atoms with van der Waals surface area (Å²) in [4.78, 5) is 26.5. The number of allylic oxidation sites excluding steroid dienone is 2. The van der Waals surface area contributed by atoms with Crippen LogP contribution in [0.5, 0.6) is 0 Å². The lowest BCUT2D eigenvalue weighted by Gasteiger charge is -2.61. The molecule has 2 spiro atoms. The normalized spacial score (nSPS) is 56.5. The molecular weight excluding hydrogens is 648 g/mol. The van der Waals surface area contributed by atoms with E-state index in [0.29, 0.717) is 19.3 Å². The van der Waals surface area contributed by atoms with Gasteiger partial charge in [0.15, 0.2) is 17.9 Å². The zero-order valence-corrected chi connectivity index (χ0v) is 30.5. The van der Waals surface area contributed by atoms with Crippen LogP contribution in [0.15, 0.2) is 11.6 Å². The van der Waals surface area contributed by atoms with Crippen molar-refractivity contribution in [2.75, 3.05) is 6.61 Å². The maximum Gasteiger partial charge on any atom is 0.302 e. The minimum Gasteiger partial charge on any atom is -0.462 e. The van der Waals surface area contributed by atoms with Gasteiger partial charge in [-0.15, -0.1) is 0 Å². The second-order valence-corrected chi connectivity index (χ2v) is 18.8. The Balaban J connectivity index is 1.12. The largest absolute Gasteiger partial charge is 0.462 e.